The van der Waals surface area contributed by atoms with Gasteiger partial charge in [-0.2, -0.15) is 0 Å². The average molecular weight is 370 g/mol. The zero-order chi connectivity index (χ0) is 18.8. The molecule has 1 aromatic rings. The van der Waals surface area contributed by atoms with Crippen LogP contribution in [-0.4, -0.2) is 59.9 Å². The van der Waals surface area contributed by atoms with Gasteiger partial charge >= 0.3 is 6.03 Å². The van der Waals surface area contributed by atoms with E-state index >= 15 is 0 Å². The summed E-state index contributed by atoms with van der Waals surface area (Å²) < 4.78 is 0. The van der Waals surface area contributed by atoms with Crippen LogP contribution in [0.15, 0.2) is 18.2 Å². The van der Waals surface area contributed by atoms with Crippen LogP contribution in [0.1, 0.15) is 48.0 Å². The number of rotatable bonds is 2. The Hall–Kier alpha value is -2.57. The lowest BCUT2D eigenvalue weighted by Gasteiger charge is -2.36. The van der Waals surface area contributed by atoms with E-state index in [0.717, 1.165) is 24.1 Å². The number of nitrogens with zero attached hydrogens (tertiary/aromatic N) is 2. The second-order valence-corrected chi connectivity index (χ2v) is 7.66. The summed E-state index contributed by atoms with van der Waals surface area (Å²) in [6.45, 7) is 2.17. The predicted molar refractivity (Wildman–Crippen MR) is 102 cm³/mol. The van der Waals surface area contributed by atoms with Gasteiger partial charge in [0.25, 0.3) is 5.91 Å². The molecule has 1 aliphatic carbocycles. The molecule has 0 aromatic heterocycles. The van der Waals surface area contributed by atoms with Gasteiger partial charge in [0.05, 0.1) is 6.42 Å². The molecule has 4 rings (SSSR count). The Balaban J connectivity index is 1.31. The van der Waals surface area contributed by atoms with Crippen molar-refractivity contribution in [3.63, 3.8) is 0 Å². The molecule has 0 unspecified atom stereocenters. The van der Waals surface area contributed by atoms with Gasteiger partial charge < -0.3 is 20.4 Å². The molecular weight excluding hydrogens is 344 g/mol. The van der Waals surface area contributed by atoms with Gasteiger partial charge in [0.2, 0.25) is 5.91 Å². The highest BCUT2D eigenvalue weighted by atomic mass is 16.2. The summed E-state index contributed by atoms with van der Waals surface area (Å²) in [4.78, 5) is 40.3. The standard InChI is InChI=1S/C20H26N4O3/c25-18-13-15-12-14(6-7-17(15)22-18)19(26)23-8-10-24(11-9-23)20(27)21-16-4-2-1-3-5-16/h6-7,12,16H,1-5,8-11,13H2,(H,21,27)(H,22,25). The van der Waals surface area contributed by atoms with Crippen LogP contribution in [0.2, 0.25) is 0 Å². The minimum atomic E-state index is -0.0375. The van der Waals surface area contributed by atoms with Crippen molar-refractivity contribution < 1.29 is 14.4 Å². The Morgan fingerprint density at radius 3 is 2.44 bits per heavy atom. The van der Waals surface area contributed by atoms with Crippen molar-refractivity contribution in [2.24, 2.45) is 0 Å². The van der Waals surface area contributed by atoms with E-state index in [-0.39, 0.29) is 17.8 Å². The van der Waals surface area contributed by atoms with Crippen LogP contribution >= 0.6 is 0 Å². The van der Waals surface area contributed by atoms with Gasteiger partial charge in [-0.1, -0.05) is 19.3 Å². The molecular formula is C20H26N4O3. The van der Waals surface area contributed by atoms with E-state index in [0.29, 0.717) is 44.2 Å². The van der Waals surface area contributed by atoms with Gasteiger partial charge in [-0.05, 0) is 36.6 Å². The van der Waals surface area contributed by atoms with Gasteiger partial charge in [-0.15, -0.1) is 0 Å². The largest absolute Gasteiger partial charge is 0.335 e. The maximum Gasteiger partial charge on any atom is 0.317 e. The third-order valence-corrected chi connectivity index (χ3v) is 5.76. The van der Waals surface area contributed by atoms with Gasteiger partial charge in [0.15, 0.2) is 0 Å². The summed E-state index contributed by atoms with van der Waals surface area (Å²) in [5, 5.41) is 5.92. The van der Waals surface area contributed by atoms with Crippen LogP contribution in [0.25, 0.3) is 0 Å². The number of benzene rings is 1. The van der Waals surface area contributed by atoms with Gasteiger partial charge in [-0.3, -0.25) is 9.59 Å². The molecule has 0 spiro atoms. The van der Waals surface area contributed by atoms with Crippen LogP contribution in [0, 0.1) is 0 Å². The highest BCUT2D eigenvalue weighted by Crippen LogP contribution is 2.24. The molecule has 1 saturated carbocycles. The normalized spacial score (nSPS) is 20.2. The molecule has 2 N–H and O–H groups in total. The van der Waals surface area contributed by atoms with E-state index in [2.05, 4.69) is 10.6 Å². The molecule has 4 amide bonds. The van der Waals surface area contributed by atoms with Crippen molar-refractivity contribution in [3.05, 3.63) is 29.3 Å². The Morgan fingerprint density at radius 2 is 1.70 bits per heavy atom. The lowest BCUT2D eigenvalue weighted by atomic mass is 9.96. The fraction of sp³-hybridized carbons (Fsp3) is 0.550. The van der Waals surface area contributed by atoms with Crippen LogP contribution in [0.4, 0.5) is 10.5 Å². The number of piperazine rings is 1. The van der Waals surface area contributed by atoms with Crippen LogP contribution in [0.3, 0.4) is 0 Å². The van der Waals surface area contributed by atoms with Crippen molar-refractivity contribution in [1.29, 1.82) is 0 Å². The third-order valence-electron chi connectivity index (χ3n) is 5.76. The molecule has 144 valence electrons. The van der Waals surface area contributed by atoms with Crippen LogP contribution in [-0.2, 0) is 11.2 Å². The smallest absolute Gasteiger partial charge is 0.317 e. The second-order valence-electron chi connectivity index (χ2n) is 7.66. The quantitative estimate of drug-likeness (QED) is 0.835. The number of amides is 4. The highest BCUT2D eigenvalue weighted by molar-refractivity contribution is 6.01. The van der Waals surface area contributed by atoms with Crippen LogP contribution in [0.5, 0.6) is 0 Å². The topological polar surface area (TPSA) is 81.8 Å². The Kier molecular flexibility index (Phi) is 5.01. The predicted octanol–water partition coefficient (Wildman–Crippen LogP) is 1.98. The fourth-order valence-corrected chi connectivity index (χ4v) is 4.17. The molecule has 0 bridgehead atoms. The molecule has 27 heavy (non-hydrogen) atoms. The van der Waals surface area contributed by atoms with Crippen molar-refractivity contribution in [2.45, 2.75) is 44.6 Å². The zero-order valence-electron chi connectivity index (χ0n) is 15.5. The lowest BCUT2D eigenvalue weighted by molar-refractivity contribution is -0.115. The van der Waals surface area contributed by atoms with E-state index in [1.807, 2.05) is 4.90 Å². The fourth-order valence-electron chi connectivity index (χ4n) is 4.17. The second kappa shape index (κ2) is 7.58. The Bertz CT molecular complexity index is 750. The molecule has 3 aliphatic rings. The highest BCUT2D eigenvalue weighted by Gasteiger charge is 2.27. The molecule has 7 nitrogen and oxygen atoms in total. The molecule has 2 heterocycles. The molecule has 7 heteroatoms. The van der Waals surface area contributed by atoms with E-state index in [9.17, 15) is 14.4 Å². The van der Waals surface area contributed by atoms with E-state index in [1.54, 1.807) is 23.1 Å². The monoisotopic (exact) mass is 370 g/mol. The molecule has 2 fully saturated rings. The van der Waals surface area contributed by atoms with Crippen molar-refractivity contribution in [2.75, 3.05) is 31.5 Å². The first-order chi connectivity index (χ1) is 13.1. The van der Waals surface area contributed by atoms with Gasteiger partial charge in [0, 0.05) is 43.5 Å². The minimum absolute atomic E-state index is 0.00360. The number of fused-ring (bicyclic) bond motifs is 1. The minimum Gasteiger partial charge on any atom is -0.335 e. The first-order valence-electron chi connectivity index (χ1n) is 9.87. The summed E-state index contributed by atoms with van der Waals surface area (Å²) in [6.07, 6.45) is 6.11. The maximum absolute atomic E-state index is 12.8. The molecule has 0 radical (unpaired) electrons. The lowest BCUT2D eigenvalue weighted by Crippen LogP contribution is -2.54. The number of anilines is 1. The van der Waals surface area contributed by atoms with Crippen LogP contribution < -0.4 is 10.6 Å². The van der Waals surface area contributed by atoms with E-state index in [1.165, 1.54) is 19.3 Å². The summed E-state index contributed by atoms with van der Waals surface area (Å²) in [5.74, 6) is -0.0725. The number of carbonyl (C=O) groups is 3. The molecule has 2 aliphatic heterocycles. The number of urea groups is 1. The first-order valence-corrected chi connectivity index (χ1v) is 9.87. The van der Waals surface area contributed by atoms with Crippen molar-refractivity contribution >= 4 is 23.5 Å². The number of hydrogen-bond acceptors (Lipinski definition) is 3. The van der Waals surface area contributed by atoms with E-state index < -0.39 is 0 Å². The zero-order valence-corrected chi connectivity index (χ0v) is 15.5. The third kappa shape index (κ3) is 3.91. The molecule has 1 saturated heterocycles. The Labute approximate surface area is 159 Å². The van der Waals surface area contributed by atoms with Gasteiger partial charge in [-0.25, -0.2) is 4.79 Å². The average Bonchev–Trinajstić information content (AvgIpc) is 3.07. The van der Waals surface area contributed by atoms with E-state index in [4.69, 9.17) is 0 Å². The number of hydrogen-bond donors (Lipinski definition) is 2. The van der Waals surface area contributed by atoms with Gasteiger partial charge in [0.1, 0.15) is 0 Å². The number of nitrogens with one attached hydrogen (secondary N) is 2. The first kappa shape index (κ1) is 17.8. The Morgan fingerprint density at radius 1 is 1.00 bits per heavy atom. The summed E-state index contributed by atoms with van der Waals surface area (Å²) in [6, 6.07) is 5.65. The SMILES string of the molecule is O=C1Cc2cc(C(=O)N3CCN(C(=O)NC4CCCCC4)CC3)ccc2N1. The number of carbonyl (C=O) groups excluding carboxylic acids is 3. The van der Waals surface area contributed by atoms with Crippen molar-refractivity contribution in [1.82, 2.24) is 15.1 Å². The summed E-state index contributed by atoms with van der Waals surface area (Å²) in [5.41, 5.74) is 2.27. The van der Waals surface area contributed by atoms with Crippen molar-refractivity contribution in [3.8, 4) is 0 Å². The summed E-state index contributed by atoms with van der Waals surface area (Å²) >= 11 is 0. The maximum atomic E-state index is 12.8. The molecule has 1 aromatic carbocycles. The summed E-state index contributed by atoms with van der Waals surface area (Å²) in [7, 11) is 0. The molecule has 0 atom stereocenters.